The lowest BCUT2D eigenvalue weighted by Crippen LogP contribution is -2.40. The van der Waals surface area contributed by atoms with Crippen LogP contribution in [0.1, 0.15) is 48.6 Å². The van der Waals surface area contributed by atoms with Gasteiger partial charge in [0.1, 0.15) is 11.9 Å². The van der Waals surface area contributed by atoms with Crippen LogP contribution < -0.4 is 15.5 Å². The van der Waals surface area contributed by atoms with E-state index in [9.17, 15) is 9.90 Å². The number of fused-ring (bicyclic) bond motifs is 1. The Balaban J connectivity index is 1.28. The number of rotatable bonds is 6. The minimum atomic E-state index is -0.629. The quantitative estimate of drug-likeness (QED) is 0.453. The van der Waals surface area contributed by atoms with Gasteiger partial charge in [-0.15, -0.1) is 0 Å². The molecule has 2 aliphatic carbocycles. The molecule has 1 saturated heterocycles. The van der Waals surface area contributed by atoms with Crippen molar-refractivity contribution in [1.82, 2.24) is 25.1 Å². The first-order valence-electron chi connectivity index (χ1n) is 11.5. The van der Waals surface area contributed by atoms with Crippen LogP contribution in [-0.4, -0.2) is 54.9 Å². The molecule has 0 bridgehead atoms. The largest absolute Gasteiger partial charge is 0.391 e. The standard InChI is InChI=1S/C23H26N8O2/c32-15-9-19(22(33)25-14-3-2-8-24-11-14)31(12-15)23-26-17-5-1-4-16(17)21(28-23)27-20-10-18(29-30-20)13-6-7-13/h2-3,8,10-11,13,15,19,32H,1,4-7,9,12H2,(H,25,33)(H2,26,27,28,29,30)/t15-,19-/m1/s1. The molecule has 170 valence electrons. The highest BCUT2D eigenvalue weighted by atomic mass is 16.3. The van der Waals surface area contributed by atoms with Crippen LogP contribution in [-0.2, 0) is 17.6 Å². The summed E-state index contributed by atoms with van der Waals surface area (Å²) >= 11 is 0. The van der Waals surface area contributed by atoms with Crippen LogP contribution in [0.15, 0.2) is 30.6 Å². The third-order valence-corrected chi connectivity index (χ3v) is 6.55. The molecule has 0 spiro atoms. The maximum atomic E-state index is 13.0. The fourth-order valence-electron chi connectivity index (χ4n) is 4.72. The zero-order chi connectivity index (χ0) is 22.4. The summed E-state index contributed by atoms with van der Waals surface area (Å²) in [6.07, 6.45) is 8.14. The van der Waals surface area contributed by atoms with Crippen molar-refractivity contribution in [1.29, 1.82) is 0 Å². The number of carbonyl (C=O) groups excluding carboxylic acids is 1. The second-order valence-electron chi connectivity index (χ2n) is 9.05. The first kappa shape index (κ1) is 20.1. The van der Waals surface area contributed by atoms with Crippen molar-refractivity contribution in [3.63, 3.8) is 0 Å². The number of amides is 1. The summed E-state index contributed by atoms with van der Waals surface area (Å²) in [5.41, 5.74) is 3.86. The van der Waals surface area contributed by atoms with E-state index in [1.807, 2.05) is 6.07 Å². The average Bonchev–Trinajstić information content (AvgIpc) is 3.20. The molecule has 3 aromatic heterocycles. The van der Waals surface area contributed by atoms with E-state index in [-0.39, 0.29) is 5.91 Å². The summed E-state index contributed by atoms with van der Waals surface area (Å²) in [5.74, 6) is 2.31. The predicted molar refractivity (Wildman–Crippen MR) is 123 cm³/mol. The van der Waals surface area contributed by atoms with Gasteiger partial charge in [-0.3, -0.25) is 14.9 Å². The molecule has 2 atom stereocenters. The molecule has 2 fully saturated rings. The van der Waals surface area contributed by atoms with Gasteiger partial charge in [0, 0.05) is 42.4 Å². The highest BCUT2D eigenvalue weighted by molar-refractivity contribution is 5.97. The number of hydrogen-bond donors (Lipinski definition) is 4. The first-order chi connectivity index (χ1) is 16.1. The molecule has 3 aromatic rings. The third kappa shape index (κ3) is 4.02. The summed E-state index contributed by atoms with van der Waals surface area (Å²) in [6, 6.07) is 5.03. The van der Waals surface area contributed by atoms with Gasteiger partial charge in [0.15, 0.2) is 5.82 Å². The van der Waals surface area contributed by atoms with Crippen molar-refractivity contribution >= 4 is 29.2 Å². The van der Waals surface area contributed by atoms with Crippen LogP contribution in [0.3, 0.4) is 0 Å². The molecule has 33 heavy (non-hydrogen) atoms. The van der Waals surface area contributed by atoms with Crippen molar-refractivity contribution in [3.05, 3.63) is 47.5 Å². The number of anilines is 4. The Labute approximate surface area is 190 Å². The van der Waals surface area contributed by atoms with Gasteiger partial charge in [-0.25, -0.2) is 4.98 Å². The van der Waals surface area contributed by atoms with E-state index in [4.69, 9.17) is 9.97 Å². The number of nitrogens with zero attached hydrogens (tertiary/aromatic N) is 5. The molecule has 3 aliphatic rings. The molecular weight excluding hydrogens is 420 g/mol. The van der Waals surface area contributed by atoms with Crippen molar-refractivity contribution in [2.24, 2.45) is 0 Å². The van der Waals surface area contributed by atoms with Crippen LogP contribution in [0.5, 0.6) is 0 Å². The van der Waals surface area contributed by atoms with Crippen molar-refractivity contribution in [2.45, 2.75) is 56.6 Å². The molecule has 1 aliphatic heterocycles. The van der Waals surface area contributed by atoms with Crippen molar-refractivity contribution in [2.75, 3.05) is 22.1 Å². The van der Waals surface area contributed by atoms with E-state index >= 15 is 0 Å². The fourth-order valence-corrected chi connectivity index (χ4v) is 4.72. The van der Waals surface area contributed by atoms with E-state index in [1.54, 1.807) is 29.4 Å². The van der Waals surface area contributed by atoms with E-state index in [1.165, 1.54) is 12.8 Å². The fraction of sp³-hybridized carbons (Fsp3) is 0.435. The molecule has 6 rings (SSSR count). The van der Waals surface area contributed by atoms with E-state index < -0.39 is 12.1 Å². The molecular formula is C23H26N8O2. The Bertz CT molecular complexity index is 1180. The number of aromatic nitrogens is 5. The summed E-state index contributed by atoms with van der Waals surface area (Å²) in [6.45, 7) is 0.303. The van der Waals surface area contributed by atoms with Gasteiger partial charge in [0.25, 0.3) is 0 Å². The lowest BCUT2D eigenvalue weighted by molar-refractivity contribution is -0.117. The lowest BCUT2D eigenvalue weighted by Gasteiger charge is -2.24. The van der Waals surface area contributed by atoms with Gasteiger partial charge < -0.3 is 20.6 Å². The zero-order valence-corrected chi connectivity index (χ0v) is 18.2. The maximum absolute atomic E-state index is 13.0. The number of aliphatic hydroxyl groups is 1. The molecule has 4 heterocycles. The monoisotopic (exact) mass is 446 g/mol. The first-order valence-corrected chi connectivity index (χ1v) is 11.5. The van der Waals surface area contributed by atoms with E-state index in [2.05, 4.69) is 25.8 Å². The minimum absolute atomic E-state index is 0.209. The maximum Gasteiger partial charge on any atom is 0.247 e. The number of carbonyl (C=O) groups is 1. The zero-order valence-electron chi connectivity index (χ0n) is 18.2. The number of β-amino-alcohol motifs (C(OH)–C–C–N with tert-alkyl or cyclic N) is 1. The van der Waals surface area contributed by atoms with Gasteiger partial charge >= 0.3 is 0 Å². The lowest BCUT2D eigenvalue weighted by atomic mass is 10.2. The molecule has 4 N–H and O–H groups in total. The summed E-state index contributed by atoms with van der Waals surface area (Å²) in [4.78, 5) is 28.5. The van der Waals surface area contributed by atoms with Gasteiger partial charge in [-0.2, -0.15) is 10.1 Å². The molecule has 0 radical (unpaired) electrons. The topological polar surface area (TPSA) is 132 Å². The smallest absolute Gasteiger partial charge is 0.247 e. The number of H-pyrrole nitrogens is 1. The van der Waals surface area contributed by atoms with Crippen LogP contribution in [0.4, 0.5) is 23.3 Å². The van der Waals surface area contributed by atoms with Gasteiger partial charge in [0.05, 0.1) is 23.7 Å². The van der Waals surface area contributed by atoms with Gasteiger partial charge in [0.2, 0.25) is 11.9 Å². The number of aliphatic hydroxyl groups excluding tert-OH is 1. The van der Waals surface area contributed by atoms with Crippen LogP contribution in [0, 0.1) is 0 Å². The Morgan fingerprint density at radius 2 is 2.15 bits per heavy atom. The normalized spacial score (nSPS) is 21.8. The van der Waals surface area contributed by atoms with Gasteiger partial charge in [-0.05, 0) is 44.2 Å². The third-order valence-electron chi connectivity index (χ3n) is 6.55. The van der Waals surface area contributed by atoms with Gasteiger partial charge in [-0.1, -0.05) is 0 Å². The second kappa shape index (κ2) is 8.11. The Hall–Kier alpha value is -3.53. The van der Waals surface area contributed by atoms with E-state index in [0.29, 0.717) is 30.5 Å². The molecule has 0 aromatic carbocycles. The molecule has 10 nitrogen and oxygen atoms in total. The SMILES string of the molecule is O=C(Nc1cccnc1)[C@H]1C[C@@H](O)CN1c1nc2c(c(Nc3cc(C4CC4)[nH]n3)n1)CCC2. The molecule has 1 amide bonds. The number of aromatic amines is 1. The number of nitrogens with one attached hydrogen (secondary N) is 3. The summed E-state index contributed by atoms with van der Waals surface area (Å²) < 4.78 is 0. The highest BCUT2D eigenvalue weighted by Crippen LogP contribution is 2.40. The summed E-state index contributed by atoms with van der Waals surface area (Å²) in [5, 5.41) is 24.2. The van der Waals surface area contributed by atoms with Crippen molar-refractivity contribution < 1.29 is 9.90 Å². The number of pyridine rings is 1. The number of hydrogen-bond acceptors (Lipinski definition) is 8. The average molecular weight is 447 g/mol. The summed E-state index contributed by atoms with van der Waals surface area (Å²) in [7, 11) is 0. The van der Waals surface area contributed by atoms with E-state index in [0.717, 1.165) is 47.8 Å². The minimum Gasteiger partial charge on any atom is -0.391 e. The molecule has 1 saturated carbocycles. The predicted octanol–water partition coefficient (Wildman–Crippen LogP) is 2.28. The molecule has 0 unspecified atom stereocenters. The Kier molecular flexibility index (Phi) is 4.94. The Morgan fingerprint density at radius 1 is 1.24 bits per heavy atom. The van der Waals surface area contributed by atoms with Crippen LogP contribution in [0.2, 0.25) is 0 Å². The van der Waals surface area contributed by atoms with Crippen LogP contribution in [0.25, 0.3) is 0 Å². The molecule has 10 heteroatoms. The highest BCUT2D eigenvalue weighted by Gasteiger charge is 2.38. The number of aryl methyl sites for hydroxylation is 1. The van der Waals surface area contributed by atoms with Crippen molar-refractivity contribution in [3.8, 4) is 0 Å². The van der Waals surface area contributed by atoms with Crippen LogP contribution >= 0.6 is 0 Å². The second-order valence-corrected chi connectivity index (χ2v) is 9.05. The Morgan fingerprint density at radius 3 is 2.97 bits per heavy atom.